The van der Waals surface area contributed by atoms with Crippen molar-refractivity contribution in [2.24, 2.45) is 0 Å². The molecule has 0 saturated heterocycles. The third-order valence-electron chi connectivity index (χ3n) is 13.3. The fraction of sp³-hybridized carbons (Fsp3) is 0.222. The summed E-state index contributed by atoms with van der Waals surface area (Å²) in [7, 11) is 0. The minimum absolute atomic E-state index is 0. The number of hydrogen-bond acceptors (Lipinski definition) is 3. The maximum Gasteiger partial charge on any atom is 0.157 e. The molecule has 3 heterocycles. The van der Waals surface area contributed by atoms with Gasteiger partial charge in [-0.3, -0.25) is 14.7 Å². The molecule has 0 fully saturated rings. The molecular weight excluding hydrogens is 972 g/mol. The van der Waals surface area contributed by atoms with E-state index < -0.39 is 0 Å². The molecule has 0 radical (unpaired) electrons. The number of fused-ring (bicyclic) bond motifs is 3. The van der Waals surface area contributed by atoms with E-state index in [2.05, 4.69) is 200 Å². The van der Waals surface area contributed by atoms with Gasteiger partial charge < -0.3 is 65.6 Å². The van der Waals surface area contributed by atoms with E-state index in [0.29, 0.717) is 0 Å². The fourth-order valence-electron chi connectivity index (χ4n) is 9.98. The third-order valence-corrected chi connectivity index (χ3v) is 13.3. The van der Waals surface area contributed by atoms with Gasteiger partial charge in [-0.1, -0.05) is 109 Å². The van der Waals surface area contributed by atoms with Crippen molar-refractivity contribution in [3.8, 4) is 0 Å². The van der Waals surface area contributed by atoms with Crippen LogP contribution in [0.15, 0.2) is 165 Å². The van der Waals surface area contributed by atoms with Crippen LogP contribution in [-0.2, 0) is 39.3 Å². The molecule has 324 valence electrons. The summed E-state index contributed by atoms with van der Waals surface area (Å²) in [6.07, 6.45) is 14.1. The van der Waals surface area contributed by atoms with E-state index >= 15 is 0 Å². The molecular formula is C54H57Br3N6. The lowest BCUT2D eigenvalue weighted by Gasteiger charge is -2.26. The Balaban J connectivity index is 0.00000198. The SMILES string of the molecule is Cc1c(C[NH+]2C=CN(Cc3ccc4ccccc4c3)C2)c(C)c(C[NH+]2C=CN(Cc3ccc4ccccc4c3)C2)c(C)c1C[NH+]1C=CN(Cc2ccc3ccccc3c2)C1.[Br-].[Br-].[Br-]. The van der Waals surface area contributed by atoms with E-state index in [0.717, 1.165) is 59.3 Å². The van der Waals surface area contributed by atoms with Crippen LogP contribution < -0.4 is 65.6 Å². The smallest absolute Gasteiger partial charge is 0.157 e. The molecule has 3 aliphatic rings. The Morgan fingerprint density at radius 3 is 0.921 bits per heavy atom. The van der Waals surface area contributed by atoms with Crippen LogP contribution in [0.4, 0.5) is 0 Å². The van der Waals surface area contributed by atoms with E-state index in [1.54, 1.807) is 0 Å². The second kappa shape index (κ2) is 20.4. The van der Waals surface area contributed by atoms with Crippen LogP contribution in [-0.4, -0.2) is 34.7 Å². The largest absolute Gasteiger partial charge is 1.00 e. The average Bonchev–Trinajstić information content (AvgIpc) is 4.04. The number of rotatable bonds is 12. The summed E-state index contributed by atoms with van der Waals surface area (Å²) in [6.45, 7) is 15.9. The lowest BCUT2D eigenvalue weighted by atomic mass is 9.87. The van der Waals surface area contributed by atoms with E-state index in [1.807, 2.05) is 0 Å². The number of benzene rings is 7. The maximum atomic E-state index is 2.48. The van der Waals surface area contributed by atoms with Gasteiger partial charge in [-0.15, -0.1) is 0 Å². The zero-order valence-electron chi connectivity index (χ0n) is 36.4. The van der Waals surface area contributed by atoms with Gasteiger partial charge in [0.25, 0.3) is 0 Å². The van der Waals surface area contributed by atoms with Gasteiger partial charge in [0, 0.05) is 36.3 Å². The van der Waals surface area contributed by atoms with Crippen molar-refractivity contribution in [2.75, 3.05) is 20.0 Å². The molecule has 0 aliphatic carbocycles. The van der Waals surface area contributed by atoms with Crippen molar-refractivity contribution < 1.29 is 65.6 Å². The van der Waals surface area contributed by atoms with Crippen molar-refractivity contribution >= 4 is 32.3 Å². The predicted octanol–water partition coefficient (Wildman–Crippen LogP) is -1.93. The predicted molar refractivity (Wildman–Crippen MR) is 245 cm³/mol. The highest BCUT2D eigenvalue weighted by Gasteiger charge is 2.29. The van der Waals surface area contributed by atoms with Crippen molar-refractivity contribution in [2.45, 2.75) is 60.0 Å². The highest BCUT2D eigenvalue weighted by molar-refractivity contribution is 5.84. The van der Waals surface area contributed by atoms with Crippen molar-refractivity contribution in [1.29, 1.82) is 0 Å². The molecule has 63 heavy (non-hydrogen) atoms. The number of quaternary nitrogens is 3. The monoisotopic (exact) mass is 1030 g/mol. The molecule has 0 spiro atoms. The standard InChI is InChI=1S/C54H54N6.3BrH/c1-40-52(34-58-25-22-55(37-58)31-43-16-19-46-10-4-7-13-49(46)28-43)41(2)54(36-60-27-24-57(39-60)33-45-18-21-48-12-6-9-15-51(48)30-45)42(3)53(40)35-59-26-23-56(38-59)32-44-17-20-47-11-5-8-14-50(47)29-44;;;/h4-30H,31-39H2,1-3H3;3*1H. The maximum absolute atomic E-state index is 2.48. The Kier molecular flexibility index (Phi) is 15.0. The topological polar surface area (TPSA) is 23.0 Å². The van der Waals surface area contributed by atoms with Crippen LogP contribution in [0.25, 0.3) is 32.3 Å². The van der Waals surface area contributed by atoms with Crippen LogP contribution in [0.3, 0.4) is 0 Å². The molecule has 3 atom stereocenters. The second-order valence-corrected chi connectivity index (χ2v) is 17.5. The summed E-state index contributed by atoms with van der Waals surface area (Å²) in [5, 5.41) is 7.84. The molecule has 0 aromatic heterocycles. The molecule has 9 heteroatoms. The molecule has 0 bridgehead atoms. The molecule has 6 nitrogen and oxygen atoms in total. The van der Waals surface area contributed by atoms with Crippen LogP contribution in [0, 0.1) is 20.8 Å². The third kappa shape index (κ3) is 10.3. The first-order chi connectivity index (χ1) is 29.4. The van der Waals surface area contributed by atoms with Crippen LogP contribution in [0.1, 0.15) is 50.1 Å². The summed E-state index contributed by atoms with van der Waals surface area (Å²) in [4.78, 5) is 11.9. The van der Waals surface area contributed by atoms with Gasteiger partial charge in [0.2, 0.25) is 0 Å². The molecule has 0 amide bonds. The minimum Gasteiger partial charge on any atom is -1.00 e. The molecule has 0 saturated carbocycles. The first-order valence-corrected chi connectivity index (χ1v) is 21.7. The van der Waals surface area contributed by atoms with Crippen molar-refractivity contribution in [3.05, 3.63) is 215 Å². The van der Waals surface area contributed by atoms with E-state index in [1.165, 1.54) is 97.1 Å². The number of nitrogens with zero attached hydrogens (tertiary/aromatic N) is 3. The van der Waals surface area contributed by atoms with Gasteiger partial charge in [0.15, 0.2) is 20.0 Å². The summed E-state index contributed by atoms with van der Waals surface area (Å²) in [6, 6.07) is 46.7. The van der Waals surface area contributed by atoms with Crippen LogP contribution in [0.5, 0.6) is 0 Å². The zero-order valence-corrected chi connectivity index (χ0v) is 41.2. The van der Waals surface area contributed by atoms with E-state index in [9.17, 15) is 0 Å². The van der Waals surface area contributed by atoms with Gasteiger partial charge in [-0.25, -0.2) is 0 Å². The average molecular weight is 1030 g/mol. The molecule has 3 unspecified atom stereocenters. The number of nitrogens with one attached hydrogen (secondary N) is 3. The van der Waals surface area contributed by atoms with Crippen LogP contribution in [0.2, 0.25) is 0 Å². The van der Waals surface area contributed by atoms with Gasteiger partial charge in [-0.2, -0.15) is 0 Å². The molecule has 10 rings (SSSR count). The Morgan fingerprint density at radius 2 is 0.635 bits per heavy atom. The van der Waals surface area contributed by atoms with Crippen molar-refractivity contribution in [1.82, 2.24) is 14.7 Å². The first-order valence-electron chi connectivity index (χ1n) is 21.7. The zero-order chi connectivity index (χ0) is 40.6. The number of halogens is 3. The van der Waals surface area contributed by atoms with Gasteiger partial charge in [0.05, 0.1) is 18.6 Å². The number of hydrogen-bond donors (Lipinski definition) is 3. The summed E-state index contributed by atoms with van der Waals surface area (Å²) >= 11 is 0. The van der Waals surface area contributed by atoms with Gasteiger partial charge in [0.1, 0.15) is 38.2 Å². The Bertz CT molecular complexity index is 2490. The Morgan fingerprint density at radius 1 is 0.365 bits per heavy atom. The summed E-state index contributed by atoms with van der Waals surface area (Å²) in [5.41, 5.74) is 13.1. The lowest BCUT2D eigenvalue weighted by molar-refractivity contribution is -0.865. The minimum atomic E-state index is 0. The Hall–Kier alpha value is -4.74. The fourth-order valence-corrected chi connectivity index (χ4v) is 9.98. The molecule has 3 aliphatic heterocycles. The van der Waals surface area contributed by atoms with E-state index in [-0.39, 0.29) is 50.9 Å². The van der Waals surface area contributed by atoms with Gasteiger partial charge >= 0.3 is 0 Å². The normalized spacial score (nSPS) is 17.8. The lowest BCUT2D eigenvalue weighted by Crippen LogP contribution is -3.06. The highest BCUT2D eigenvalue weighted by Crippen LogP contribution is 2.28. The van der Waals surface area contributed by atoms with Gasteiger partial charge in [-0.05, 0) is 105 Å². The second-order valence-electron chi connectivity index (χ2n) is 17.5. The molecule has 7 aromatic rings. The quantitative estimate of drug-likeness (QED) is 0.133. The summed E-state index contributed by atoms with van der Waals surface area (Å²) < 4.78 is 0. The molecule has 3 N–H and O–H groups in total. The van der Waals surface area contributed by atoms with E-state index in [4.69, 9.17) is 0 Å². The first kappa shape index (κ1) is 46.3. The van der Waals surface area contributed by atoms with Crippen molar-refractivity contribution in [3.63, 3.8) is 0 Å². The van der Waals surface area contributed by atoms with Crippen LogP contribution >= 0.6 is 0 Å². The highest BCUT2D eigenvalue weighted by atomic mass is 79.9. The summed E-state index contributed by atoms with van der Waals surface area (Å²) in [5.74, 6) is 0. The Labute approximate surface area is 404 Å². The molecule has 7 aromatic carbocycles.